The third-order valence-corrected chi connectivity index (χ3v) is 3.86. The molecule has 0 bridgehead atoms. The third kappa shape index (κ3) is 3.34. The van der Waals surface area contributed by atoms with Crippen LogP contribution in [0.5, 0.6) is 5.75 Å². The van der Waals surface area contributed by atoms with Gasteiger partial charge in [-0.2, -0.15) is 0 Å². The van der Waals surface area contributed by atoms with Gasteiger partial charge in [-0.1, -0.05) is 12.6 Å². The number of aryl methyl sites for hydroxylation is 1. The number of fused-ring (bicyclic) bond motifs is 1. The molecule has 0 saturated carbocycles. The highest BCUT2D eigenvalue weighted by atomic mass is 16.5. The smallest absolute Gasteiger partial charge is 0.137 e. The van der Waals surface area contributed by atoms with E-state index in [1.165, 1.54) is 5.56 Å². The van der Waals surface area contributed by atoms with Gasteiger partial charge < -0.3 is 14.9 Å². The molecule has 4 heteroatoms. The van der Waals surface area contributed by atoms with E-state index in [9.17, 15) is 0 Å². The van der Waals surface area contributed by atoms with Gasteiger partial charge in [-0.15, -0.1) is 0 Å². The maximum atomic E-state index is 5.82. The lowest BCUT2D eigenvalue weighted by Gasteiger charge is -2.07. The Kier molecular flexibility index (Phi) is 4.67. The minimum atomic E-state index is 0.533. The lowest BCUT2D eigenvalue weighted by molar-refractivity contribution is 0.353. The van der Waals surface area contributed by atoms with Crippen molar-refractivity contribution in [3.05, 3.63) is 66.0 Å². The molecule has 0 spiro atoms. The van der Waals surface area contributed by atoms with Crippen molar-refractivity contribution in [3.8, 4) is 17.0 Å². The van der Waals surface area contributed by atoms with Crippen molar-refractivity contribution < 1.29 is 4.74 Å². The molecule has 2 aromatic heterocycles. The first-order valence-electron chi connectivity index (χ1n) is 8.14. The van der Waals surface area contributed by atoms with Crippen LogP contribution in [0.4, 0.5) is 0 Å². The summed E-state index contributed by atoms with van der Waals surface area (Å²) in [6.07, 6.45) is 2.90. The molecule has 0 radical (unpaired) electrons. The summed E-state index contributed by atoms with van der Waals surface area (Å²) in [5.74, 6) is 0.835. The van der Waals surface area contributed by atoms with Crippen LogP contribution < -0.4 is 10.5 Å². The highest BCUT2D eigenvalue weighted by Gasteiger charge is 2.13. The maximum absolute atomic E-state index is 5.82. The lowest BCUT2D eigenvalue weighted by atomic mass is 10.1. The topological polar surface area (TPSA) is 52.5 Å². The first-order chi connectivity index (χ1) is 11.6. The summed E-state index contributed by atoms with van der Waals surface area (Å²) in [5, 5.41) is 0. The van der Waals surface area contributed by atoms with Gasteiger partial charge in [0, 0.05) is 18.2 Å². The Hall–Kier alpha value is -2.59. The van der Waals surface area contributed by atoms with E-state index in [1.54, 1.807) is 0 Å². The average Bonchev–Trinajstić information content (AvgIpc) is 2.92. The highest BCUT2D eigenvalue weighted by Crippen LogP contribution is 2.27. The van der Waals surface area contributed by atoms with Crippen molar-refractivity contribution in [1.82, 2.24) is 9.38 Å². The van der Waals surface area contributed by atoms with Crippen LogP contribution >= 0.6 is 0 Å². The van der Waals surface area contributed by atoms with E-state index in [0.717, 1.165) is 40.3 Å². The standard InChI is InChI=1S/C20H23N3O/c1-14(2)13-24-17-7-5-16(6-8-17)20-18(10-11-21)23-12-15(3)4-9-19(23)22-20/h4-9,12H,1,10-11,13,21H2,2-3H3. The Morgan fingerprint density at radius 3 is 2.62 bits per heavy atom. The molecule has 2 heterocycles. The lowest BCUT2D eigenvalue weighted by Crippen LogP contribution is -2.06. The molecule has 0 aliphatic carbocycles. The van der Waals surface area contributed by atoms with Crippen molar-refractivity contribution >= 4 is 5.65 Å². The summed E-state index contributed by atoms with van der Waals surface area (Å²) >= 11 is 0. The van der Waals surface area contributed by atoms with E-state index < -0.39 is 0 Å². The molecule has 0 aliphatic heterocycles. The normalized spacial score (nSPS) is 11.0. The Labute approximate surface area is 142 Å². The zero-order valence-corrected chi connectivity index (χ0v) is 14.2. The van der Waals surface area contributed by atoms with Gasteiger partial charge in [-0.05, 0) is 61.9 Å². The Balaban J connectivity index is 1.98. The second-order valence-corrected chi connectivity index (χ2v) is 6.15. The van der Waals surface area contributed by atoms with Gasteiger partial charge in [-0.25, -0.2) is 4.98 Å². The van der Waals surface area contributed by atoms with Crippen LogP contribution in [-0.4, -0.2) is 22.5 Å². The second kappa shape index (κ2) is 6.89. The number of hydrogen-bond acceptors (Lipinski definition) is 3. The molecule has 1 aromatic carbocycles. The van der Waals surface area contributed by atoms with Crippen LogP contribution in [0.3, 0.4) is 0 Å². The first-order valence-corrected chi connectivity index (χ1v) is 8.14. The third-order valence-electron chi connectivity index (χ3n) is 3.86. The second-order valence-electron chi connectivity index (χ2n) is 6.15. The van der Waals surface area contributed by atoms with Crippen molar-refractivity contribution in [2.45, 2.75) is 20.3 Å². The minimum Gasteiger partial charge on any atom is -0.489 e. The molecule has 0 saturated heterocycles. The van der Waals surface area contributed by atoms with Gasteiger partial charge in [0.05, 0.1) is 11.4 Å². The summed E-state index contributed by atoms with van der Waals surface area (Å²) in [6, 6.07) is 12.2. The molecule has 3 aromatic rings. The fourth-order valence-electron chi connectivity index (χ4n) is 2.72. The van der Waals surface area contributed by atoms with Crippen LogP contribution in [0.15, 0.2) is 54.7 Å². The zero-order chi connectivity index (χ0) is 17.1. The van der Waals surface area contributed by atoms with E-state index >= 15 is 0 Å². The van der Waals surface area contributed by atoms with E-state index in [4.69, 9.17) is 15.5 Å². The van der Waals surface area contributed by atoms with E-state index in [2.05, 4.69) is 30.2 Å². The van der Waals surface area contributed by atoms with Gasteiger partial charge in [-0.3, -0.25) is 0 Å². The van der Waals surface area contributed by atoms with Gasteiger partial charge in [0.2, 0.25) is 0 Å². The van der Waals surface area contributed by atoms with Crippen LogP contribution in [0.2, 0.25) is 0 Å². The van der Waals surface area contributed by atoms with Crippen molar-refractivity contribution in [1.29, 1.82) is 0 Å². The summed E-state index contributed by atoms with van der Waals surface area (Å²) in [7, 11) is 0. The SMILES string of the molecule is C=C(C)COc1ccc(-c2nc3ccc(C)cn3c2CCN)cc1. The first kappa shape index (κ1) is 16.3. The molecule has 124 valence electrons. The number of nitrogens with zero attached hydrogens (tertiary/aromatic N) is 2. The van der Waals surface area contributed by atoms with E-state index in [1.807, 2.05) is 37.3 Å². The Morgan fingerprint density at radius 1 is 1.21 bits per heavy atom. The summed E-state index contributed by atoms with van der Waals surface area (Å²) in [4.78, 5) is 4.80. The van der Waals surface area contributed by atoms with E-state index in [-0.39, 0.29) is 0 Å². The summed E-state index contributed by atoms with van der Waals surface area (Å²) in [6.45, 7) is 9.01. The number of ether oxygens (including phenoxy) is 1. The fraction of sp³-hybridized carbons (Fsp3) is 0.250. The predicted octanol–water partition coefficient (Wildman–Crippen LogP) is 3.77. The number of nitrogens with two attached hydrogens (primary N) is 1. The molecular formula is C20H23N3O. The zero-order valence-electron chi connectivity index (χ0n) is 14.2. The summed E-state index contributed by atoms with van der Waals surface area (Å²) in [5.41, 5.74) is 12.2. The highest BCUT2D eigenvalue weighted by molar-refractivity contribution is 5.67. The van der Waals surface area contributed by atoms with Gasteiger partial charge in [0.1, 0.15) is 18.0 Å². The summed E-state index contributed by atoms with van der Waals surface area (Å²) < 4.78 is 7.81. The molecule has 0 aliphatic rings. The van der Waals surface area contributed by atoms with Crippen molar-refractivity contribution in [2.75, 3.05) is 13.2 Å². The molecule has 3 rings (SSSR count). The number of imidazole rings is 1. The van der Waals surface area contributed by atoms with Crippen LogP contribution in [0.1, 0.15) is 18.2 Å². The molecule has 0 atom stereocenters. The van der Waals surface area contributed by atoms with Crippen molar-refractivity contribution in [3.63, 3.8) is 0 Å². The molecule has 0 fully saturated rings. The average molecular weight is 321 g/mol. The van der Waals surface area contributed by atoms with Gasteiger partial charge in [0.25, 0.3) is 0 Å². The quantitative estimate of drug-likeness (QED) is 0.703. The molecule has 0 unspecified atom stereocenters. The monoisotopic (exact) mass is 321 g/mol. The molecule has 24 heavy (non-hydrogen) atoms. The van der Waals surface area contributed by atoms with Crippen molar-refractivity contribution in [2.24, 2.45) is 5.73 Å². The predicted molar refractivity (Wildman–Crippen MR) is 98.4 cm³/mol. The van der Waals surface area contributed by atoms with E-state index in [0.29, 0.717) is 13.2 Å². The number of rotatable bonds is 6. The fourth-order valence-corrected chi connectivity index (χ4v) is 2.72. The number of aromatic nitrogens is 2. The maximum Gasteiger partial charge on any atom is 0.137 e. The Bertz CT molecular complexity index is 862. The largest absolute Gasteiger partial charge is 0.489 e. The van der Waals surface area contributed by atoms with Gasteiger partial charge >= 0.3 is 0 Å². The number of hydrogen-bond donors (Lipinski definition) is 1. The molecular weight excluding hydrogens is 298 g/mol. The number of pyridine rings is 1. The molecule has 4 nitrogen and oxygen atoms in total. The van der Waals surface area contributed by atoms with Crippen LogP contribution in [-0.2, 0) is 6.42 Å². The van der Waals surface area contributed by atoms with Crippen LogP contribution in [0.25, 0.3) is 16.9 Å². The van der Waals surface area contributed by atoms with Gasteiger partial charge in [0.15, 0.2) is 0 Å². The number of benzene rings is 1. The molecule has 0 amide bonds. The minimum absolute atomic E-state index is 0.533. The Morgan fingerprint density at radius 2 is 1.96 bits per heavy atom. The van der Waals surface area contributed by atoms with Crippen LogP contribution in [0, 0.1) is 6.92 Å². The molecule has 2 N–H and O–H groups in total.